The Morgan fingerprint density at radius 3 is 2.48 bits per heavy atom. The summed E-state index contributed by atoms with van der Waals surface area (Å²) < 4.78 is 0. The summed E-state index contributed by atoms with van der Waals surface area (Å²) >= 11 is 1.76. The van der Waals surface area contributed by atoms with Crippen molar-refractivity contribution in [3.63, 3.8) is 0 Å². The van der Waals surface area contributed by atoms with Gasteiger partial charge in [0.1, 0.15) is 5.75 Å². The number of phenols is 1. The third-order valence-corrected chi connectivity index (χ3v) is 10.2. The van der Waals surface area contributed by atoms with Gasteiger partial charge in [-0.2, -0.15) is 21.4 Å². The molecule has 134 valence electrons. The maximum absolute atomic E-state index is 11.4. The molecule has 0 fully saturated rings. The third kappa shape index (κ3) is 3.09. The summed E-state index contributed by atoms with van der Waals surface area (Å²) in [6.45, 7) is 8.90. The lowest BCUT2D eigenvalue weighted by molar-refractivity contribution is 0.453. The van der Waals surface area contributed by atoms with Crippen LogP contribution in [0.3, 0.4) is 0 Å². The van der Waals surface area contributed by atoms with Crippen molar-refractivity contribution in [1.29, 1.82) is 0 Å². The van der Waals surface area contributed by atoms with Crippen LogP contribution in [-0.4, -0.2) is 16.6 Å². The molecule has 0 aliphatic carbocycles. The van der Waals surface area contributed by atoms with Crippen LogP contribution in [0.2, 0.25) is 0 Å². The highest BCUT2D eigenvalue weighted by atomic mass is 32.3. The topological polar surface area (TPSA) is 20.2 Å². The van der Waals surface area contributed by atoms with Crippen LogP contribution in [-0.2, 0) is 0 Å². The van der Waals surface area contributed by atoms with E-state index in [9.17, 15) is 5.11 Å². The number of phenolic OH excluding ortho intramolecular Hbond substituents is 1. The van der Waals surface area contributed by atoms with Gasteiger partial charge in [-0.3, -0.25) is 0 Å². The Balaban J connectivity index is 2.37. The van der Waals surface area contributed by atoms with Crippen LogP contribution >= 0.6 is 21.4 Å². The molecule has 2 aromatic carbocycles. The molecule has 25 heavy (non-hydrogen) atoms. The van der Waals surface area contributed by atoms with Gasteiger partial charge in [0.25, 0.3) is 0 Å². The minimum Gasteiger partial charge on any atom is -0.507 e. The zero-order chi connectivity index (χ0) is 18.0. The fourth-order valence-electron chi connectivity index (χ4n) is 3.86. The van der Waals surface area contributed by atoms with Crippen molar-refractivity contribution in [3.05, 3.63) is 52.7 Å². The van der Waals surface area contributed by atoms with E-state index in [0.717, 1.165) is 23.5 Å². The highest BCUT2D eigenvalue weighted by Gasteiger charge is 2.31. The Morgan fingerprint density at radius 1 is 1.12 bits per heavy atom. The summed E-state index contributed by atoms with van der Waals surface area (Å²) in [5, 5.41) is 18.3. The highest BCUT2D eigenvalue weighted by molar-refractivity contribution is 8.33. The quantitative estimate of drug-likeness (QED) is 0.478. The van der Waals surface area contributed by atoms with Crippen LogP contribution in [0.15, 0.2) is 56.9 Å². The van der Waals surface area contributed by atoms with E-state index in [-0.39, 0.29) is 0 Å². The van der Waals surface area contributed by atoms with E-state index in [4.69, 9.17) is 0 Å². The maximum Gasteiger partial charge on any atom is 0.132 e. The van der Waals surface area contributed by atoms with Gasteiger partial charge in [0.05, 0.1) is 0 Å². The van der Waals surface area contributed by atoms with Crippen molar-refractivity contribution in [3.8, 4) is 5.75 Å². The zero-order valence-electron chi connectivity index (χ0n) is 15.6. The van der Waals surface area contributed by atoms with Crippen LogP contribution in [0.25, 0.3) is 10.8 Å². The van der Waals surface area contributed by atoms with Gasteiger partial charge in [-0.1, -0.05) is 52.0 Å². The van der Waals surface area contributed by atoms with Gasteiger partial charge in [-0.05, 0) is 52.1 Å². The van der Waals surface area contributed by atoms with Crippen LogP contribution in [0.4, 0.5) is 0 Å². The number of benzene rings is 2. The minimum atomic E-state index is -1.22. The van der Waals surface area contributed by atoms with Crippen molar-refractivity contribution in [2.24, 2.45) is 0 Å². The average molecular weight is 373 g/mol. The van der Waals surface area contributed by atoms with Gasteiger partial charge in [0, 0.05) is 20.7 Å². The van der Waals surface area contributed by atoms with Crippen molar-refractivity contribution in [2.75, 3.05) is 11.5 Å². The Labute approximate surface area is 157 Å². The summed E-state index contributed by atoms with van der Waals surface area (Å²) in [7, 11) is -1.22. The van der Waals surface area contributed by atoms with Gasteiger partial charge < -0.3 is 5.11 Å². The number of hydrogen-bond acceptors (Lipinski definition) is 2. The second kappa shape index (κ2) is 7.43. The maximum atomic E-state index is 11.4. The second-order valence-electron chi connectivity index (χ2n) is 6.85. The second-order valence-corrected chi connectivity index (χ2v) is 11.3. The molecule has 3 heteroatoms. The van der Waals surface area contributed by atoms with Gasteiger partial charge in [-0.15, -0.1) is 0 Å². The van der Waals surface area contributed by atoms with Crippen LogP contribution in [0, 0.1) is 0 Å². The van der Waals surface area contributed by atoms with Gasteiger partial charge in [0.15, 0.2) is 0 Å². The minimum absolute atomic E-state index is 0.294. The van der Waals surface area contributed by atoms with E-state index in [1.165, 1.54) is 20.6 Å². The average Bonchev–Trinajstić information content (AvgIpc) is 3.14. The Hall–Kier alpha value is -1.45. The standard InChI is InChI=1S/C22H28OS2/c1-5-13-25(6-2,18-11-12-24-15-18)20-14-17-9-7-8-10-19(17)21(16(3)4)22(20)23/h7-12,14-16,23H,5-6,13H2,1-4H3. The Morgan fingerprint density at radius 2 is 1.88 bits per heavy atom. The van der Waals surface area contributed by atoms with E-state index in [1.807, 2.05) is 0 Å². The van der Waals surface area contributed by atoms with Gasteiger partial charge >= 0.3 is 0 Å². The zero-order valence-corrected chi connectivity index (χ0v) is 17.2. The summed E-state index contributed by atoms with van der Waals surface area (Å²) in [5.41, 5.74) is 1.10. The number of rotatable bonds is 6. The first-order chi connectivity index (χ1) is 12.0. The fraction of sp³-hybridized carbons (Fsp3) is 0.364. The van der Waals surface area contributed by atoms with Crippen molar-refractivity contribution < 1.29 is 5.11 Å². The molecule has 0 spiro atoms. The first-order valence-corrected chi connectivity index (χ1v) is 12.0. The first-order valence-electron chi connectivity index (χ1n) is 9.10. The monoisotopic (exact) mass is 372 g/mol. The van der Waals surface area contributed by atoms with Crippen molar-refractivity contribution in [1.82, 2.24) is 0 Å². The molecule has 1 atom stereocenters. The molecule has 3 aromatic rings. The van der Waals surface area contributed by atoms with Crippen LogP contribution in [0.5, 0.6) is 5.75 Å². The summed E-state index contributed by atoms with van der Waals surface area (Å²) in [6, 6.07) is 13.0. The number of hydrogen-bond donors (Lipinski definition) is 1. The fourth-order valence-corrected chi connectivity index (χ4v) is 8.87. The molecular weight excluding hydrogens is 344 g/mol. The molecule has 0 saturated heterocycles. The predicted molar refractivity (Wildman–Crippen MR) is 114 cm³/mol. The molecule has 0 aliphatic rings. The summed E-state index contributed by atoms with van der Waals surface area (Å²) in [4.78, 5) is 2.60. The van der Waals surface area contributed by atoms with Gasteiger partial charge in [0.2, 0.25) is 0 Å². The molecular formula is C22H28OS2. The molecule has 1 heterocycles. The summed E-state index contributed by atoms with van der Waals surface area (Å²) in [6.07, 6.45) is 1.13. The van der Waals surface area contributed by atoms with Crippen LogP contribution in [0.1, 0.15) is 45.6 Å². The molecule has 1 aromatic heterocycles. The molecule has 0 bridgehead atoms. The molecule has 1 nitrogen and oxygen atoms in total. The smallest absolute Gasteiger partial charge is 0.132 e. The molecule has 0 amide bonds. The molecule has 1 unspecified atom stereocenters. The Kier molecular flexibility index (Phi) is 5.45. The van der Waals surface area contributed by atoms with Crippen molar-refractivity contribution in [2.45, 2.75) is 49.8 Å². The highest BCUT2D eigenvalue weighted by Crippen LogP contribution is 2.66. The van der Waals surface area contributed by atoms with Gasteiger partial charge in [-0.25, -0.2) is 0 Å². The molecule has 0 radical (unpaired) electrons. The molecule has 3 rings (SSSR count). The van der Waals surface area contributed by atoms with Crippen molar-refractivity contribution >= 4 is 32.1 Å². The number of fused-ring (bicyclic) bond motifs is 1. The predicted octanol–water partition coefficient (Wildman–Crippen LogP) is 7.38. The van der Waals surface area contributed by atoms with Crippen LogP contribution < -0.4 is 0 Å². The van der Waals surface area contributed by atoms with E-state index in [0.29, 0.717) is 11.7 Å². The normalized spacial score (nSPS) is 15.4. The third-order valence-electron chi connectivity index (χ3n) is 5.02. The molecule has 0 saturated carbocycles. The lowest BCUT2D eigenvalue weighted by Gasteiger charge is -2.40. The van der Waals surface area contributed by atoms with E-state index in [2.05, 4.69) is 74.9 Å². The lowest BCUT2D eigenvalue weighted by atomic mass is 9.95. The van der Waals surface area contributed by atoms with E-state index >= 15 is 0 Å². The van der Waals surface area contributed by atoms with E-state index < -0.39 is 10.0 Å². The Bertz CT molecular complexity index is 852. The first kappa shape index (κ1) is 18.3. The van der Waals surface area contributed by atoms with E-state index in [1.54, 1.807) is 11.3 Å². The summed E-state index contributed by atoms with van der Waals surface area (Å²) in [5.74, 6) is 3.03. The number of thiophene rings is 1. The molecule has 0 aliphatic heterocycles. The SMILES string of the molecule is CCCS(CC)(c1ccsc1)c1cc2ccccc2c(C(C)C)c1O. The lowest BCUT2D eigenvalue weighted by Crippen LogP contribution is -2.10. The number of aromatic hydroxyl groups is 1. The largest absolute Gasteiger partial charge is 0.507 e. The molecule has 1 N–H and O–H groups in total.